The predicted octanol–water partition coefficient (Wildman–Crippen LogP) is 5.63. The molecule has 0 amide bonds. The van der Waals surface area contributed by atoms with Crippen LogP contribution < -0.4 is 5.32 Å². The average molecular weight is 440 g/mol. The normalized spacial score (nSPS) is 17.7. The lowest BCUT2D eigenvalue weighted by atomic mass is 9.92. The molecular weight excluding hydrogens is 415 g/mol. The molecule has 2 aliphatic rings. The van der Waals surface area contributed by atoms with Crippen LogP contribution in [0.15, 0.2) is 30.6 Å². The van der Waals surface area contributed by atoms with Gasteiger partial charge in [-0.3, -0.25) is 10.3 Å². The zero-order valence-electron chi connectivity index (χ0n) is 18.1. The molecule has 0 aromatic carbocycles. The molecule has 8 heteroatoms. The molecule has 0 radical (unpaired) electrons. The summed E-state index contributed by atoms with van der Waals surface area (Å²) in [4.78, 5) is 13.5. The number of fused-ring (bicyclic) bond motifs is 1. The van der Waals surface area contributed by atoms with E-state index in [1.165, 1.54) is 6.42 Å². The molecule has 0 spiro atoms. The lowest BCUT2D eigenvalue weighted by Crippen LogP contribution is -2.44. The number of hydrogen-bond donors (Lipinski definition) is 1. The summed E-state index contributed by atoms with van der Waals surface area (Å²) in [6, 6.07) is 9.30. The van der Waals surface area contributed by atoms with Crippen molar-refractivity contribution in [3.05, 3.63) is 52.1 Å². The molecule has 2 fully saturated rings. The van der Waals surface area contributed by atoms with Crippen molar-refractivity contribution in [3.63, 3.8) is 0 Å². The van der Waals surface area contributed by atoms with Crippen molar-refractivity contribution in [1.82, 2.24) is 19.9 Å². The van der Waals surface area contributed by atoms with Crippen LogP contribution in [0.1, 0.15) is 54.8 Å². The number of aromatic nitrogens is 3. The van der Waals surface area contributed by atoms with Gasteiger partial charge in [0.25, 0.3) is 7.05 Å². The van der Waals surface area contributed by atoms with E-state index in [2.05, 4.69) is 31.8 Å². The molecule has 0 atom stereocenters. The third-order valence-electron chi connectivity index (χ3n) is 6.63. The lowest BCUT2D eigenvalue weighted by Gasteiger charge is -2.29. The number of alkyl halides is 3. The first kappa shape index (κ1) is 21.0. The van der Waals surface area contributed by atoms with Gasteiger partial charge in [-0.25, -0.2) is 4.98 Å². The van der Waals surface area contributed by atoms with Crippen molar-refractivity contribution < 1.29 is 13.2 Å². The Morgan fingerprint density at radius 1 is 1.22 bits per heavy atom. The SMILES string of the molecule is C[N+]#Cc1c(-c2ccc(CNC3(C(F)(F)F)CC3)cn2)n(C2CCC2)c2ncc(C)cc12. The molecule has 0 unspecified atom stereocenters. The van der Waals surface area contributed by atoms with E-state index >= 15 is 0 Å². The molecule has 3 heterocycles. The Morgan fingerprint density at radius 2 is 2.00 bits per heavy atom. The Morgan fingerprint density at radius 3 is 2.56 bits per heavy atom. The Labute approximate surface area is 184 Å². The van der Waals surface area contributed by atoms with Crippen molar-refractivity contribution in [3.8, 4) is 17.5 Å². The zero-order valence-corrected chi connectivity index (χ0v) is 18.1. The second kappa shape index (κ2) is 7.59. The second-order valence-electron chi connectivity index (χ2n) is 8.88. The highest BCUT2D eigenvalue weighted by molar-refractivity contribution is 5.92. The van der Waals surface area contributed by atoms with Crippen molar-refractivity contribution >= 4 is 11.0 Å². The number of rotatable bonds is 5. The van der Waals surface area contributed by atoms with Crippen LogP contribution in [0.3, 0.4) is 0 Å². The third-order valence-corrected chi connectivity index (χ3v) is 6.63. The summed E-state index contributed by atoms with van der Waals surface area (Å²) in [5, 5.41) is 3.68. The minimum Gasteiger partial charge on any atom is -0.320 e. The van der Waals surface area contributed by atoms with E-state index in [1.807, 2.05) is 25.3 Å². The van der Waals surface area contributed by atoms with Crippen LogP contribution >= 0.6 is 0 Å². The Hall–Kier alpha value is -2.92. The van der Waals surface area contributed by atoms with E-state index in [9.17, 15) is 13.2 Å². The first-order valence-electron chi connectivity index (χ1n) is 11.0. The average Bonchev–Trinajstić information content (AvgIpc) is 3.47. The van der Waals surface area contributed by atoms with Crippen LogP contribution in [-0.4, -0.2) is 33.3 Å². The minimum atomic E-state index is -4.22. The summed E-state index contributed by atoms with van der Waals surface area (Å²) < 4.78 is 41.8. The van der Waals surface area contributed by atoms with Gasteiger partial charge < -0.3 is 4.57 Å². The number of nitrogens with zero attached hydrogens (tertiary/aromatic N) is 4. The Kier molecular flexibility index (Phi) is 4.97. The molecule has 2 saturated carbocycles. The molecule has 1 N–H and O–H groups in total. The van der Waals surface area contributed by atoms with Gasteiger partial charge in [0.1, 0.15) is 16.7 Å². The highest BCUT2D eigenvalue weighted by Gasteiger charge is 2.62. The summed E-state index contributed by atoms with van der Waals surface area (Å²) in [7, 11) is 1.69. The number of nitrogens with one attached hydrogen (secondary N) is 1. The fourth-order valence-electron chi connectivity index (χ4n) is 4.39. The minimum absolute atomic E-state index is 0.130. The summed E-state index contributed by atoms with van der Waals surface area (Å²) in [6.07, 6.45) is 2.90. The number of halogens is 3. The van der Waals surface area contributed by atoms with E-state index in [-0.39, 0.29) is 19.4 Å². The molecule has 0 saturated heterocycles. The summed E-state index contributed by atoms with van der Waals surface area (Å²) in [5.41, 5.74) is 3.47. The maximum atomic E-state index is 13.2. The number of pyridine rings is 2. The molecule has 166 valence electrons. The topological polar surface area (TPSA) is 47.1 Å². The van der Waals surface area contributed by atoms with Crippen molar-refractivity contribution in [1.29, 1.82) is 0 Å². The number of aryl methyl sites for hydroxylation is 1. The molecule has 5 nitrogen and oxygen atoms in total. The highest BCUT2D eigenvalue weighted by Crippen LogP contribution is 2.49. The van der Waals surface area contributed by atoms with E-state index < -0.39 is 11.7 Å². The molecule has 2 aliphatic carbocycles. The van der Waals surface area contributed by atoms with Crippen LogP contribution in [-0.2, 0) is 6.54 Å². The van der Waals surface area contributed by atoms with Crippen LogP contribution in [0, 0.1) is 13.0 Å². The van der Waals surface area contributed by atoms with E-state index in [4.69, 9.17) is 4.98 Å². The Bertz CT molecular complexity index is 1220. The second-order valence-corrected chi connectivity index (χ2v) is 8.88. The monoisotopic (exact) mass is 440 g/mol. The Balaban J connectivity index is 1.52. The van der Waals surface area contributed by atoms with Crippen LogP contribution in [0.4, 0.5) is 13.2 Å². The third kappa shape index (κ3) is 3.45. The van der Waals surface area contributed by atoms with E-state index in [1.54, 1.807) is 13.2 Å². The molecule has 32 heavy (non-hydrogen) atoms. The molecule has 3 aromatic rings. The maximum Gasteiger partial charge on any atom is 0.406 e. The molecule has 0 bridgehead atoms. The maximum absolute atomic E-state index is 13.2. The van der Waals surface area contributed by atoms with Gasteiger partial charge in [-0.1, -0.05) is 10.9 Å². The standard InChI is InChI=1S/C24H25F3N5/c1-15-10-18-19(14-28-2)21(32(17-4-3-5-17)22(18)30-11-15)20-7-6-16(12-29-20)13-31-23(8-9-23)24(25,26)27/h6-7,10-12,17,31H,3-5,8-9,13H2,1-2H3/q+1. The molecular formula is C24H25F3N5+. The van der Waals surface area contributed by atoms with Gasteiger partial charge in [0.15, 0.2) is 0 Å². The van der Waals surface area contributed by atoms with Gasteiger partial charge >= 0.3 is 12.2 Å². The zero-order chi connectivity index (χ0) is 22.5. The summed E-state index contributed by atoms with van der Waals surface area (Å²) in [6.45, 7) is 2.14. The van der Waals surface area contributed by atoms with Gasteiger partial charge in [0.2, 0.25) is 0 Å². The van der Waals surface area contributed by atoms with E-state index in [0.717, 1.165) is 52.0 Å². The van der Waals surface area contributed by atoms with Crippen LogP contribution in [0.25, 0.3) is 27.3 Å². The molecule has 3 aromatic heterocycles. The van der Waals surface area contributed by atoms with Gasteiger partial charge in [0, 0.05) is 30.4 Å². The predicted molar refractivity (Wildman–Crippen MR) is 118 cm³/mol. The van der Waals surface area contributed by atoms with Gasteiger partial charge in [0.05, 0.1) is 11.4 Å². The smallest absolute Gasteiger partial charge is 0.320 e. The van der Waals surface area contributed by atoms with E-state index in [0.29, 0.717) is 6.04 Å². The molecule has 0 aliphatic heterocycles. The van der Waals surface area contributed by atoms with Crippen molar-refractivity contribution in [2.75, 3.05) is 7.05 Å². The van der Waals surface area contributed by atoms with Crippen molar-refractivity contribution in [2.45, 2.75) is 63.3 Å². The summed E-state index contributed by atoms with van der Waals surface area (Å²) >= 11 is 0. The highest BCUT2D eigenvalue weighted by atomic mass is 19.4. The van der Waals surface area contributed by atoms with Gasteiger partial charge in [-0.2, -0.15) is 13.2 Å². The van der Waals surface area contributed by atoms with Crippen LogP contribution in [0.5, 0.6) is 0 Å². The fourth-order valence-corrected chi connectivity index (χ4v) is 4.39. The molecule has 5 rings (SSSR count). The number of hydrogen-bond acceptors (Lipinski definition) is 3. The van der Waals surface area contributed by atoms with Crippen LogP contribution in [0.2, 0.25) is 0 Å². The van der Waals surface area contributed by atoms with Crippen molar-refractivity contribution in [2.24, 2.45) is 0 Å². The lowest BCUT2D eigenvalue weighted by molar-refractivity contribution is -0.166. The first-order valence-corrected chi connectivity index (χ1v) is 11.0. The summed E-state index contributed by atoms with van der Waals surface area (Å²) in [5.74, 6) is 0. The largest absolute Gasteiger partial charge is 0.406 e. The first-order chi connectivity index (χ1) is 15.3. The van der Waals surface area contributed by atoms with Gasteiger partial charge in [-0.05, 0) is 62.3 Å². The van der Waals surface area contributed by atoms with Gasteiger partial charge in [-0.15, -0.1) is 0 Å². The fraction of sp³-hybridized carbons (Fsp3) is 0.458. The quantitative estimate of drug-likeness (QED) is 0.560.